The first-order valence-electron chi connectivity index (χ1n) is 6.00. The Labute approximate surface area is 124 Å². The molecule has 2 aromatic rings. The van der Waals surface area contributed by atoms with Gasteiger partial charge in [-0.3, -0.25) is 10.00 Å². The summed E-state index contributed by atoms with van der Waals surface area (Å²) in [7, 11) is 1.59. The van der Waals surface area contributed by atoms with Crippen molar-refractivity contribution in [3.05, 3.63) is 29.4 Å². The maximum Gasteiger partial charge on any atom is 0.338 e. The first kappa shape index (κ1) is 15.0. The van der Waals surface area contributed by atoms with Crippen LogP contribution in [0.25, 0.3) is 0 Å². The molecule has 0 saturated carbocycles. The number of aromatic nitrogens is 2. The summed E-state index contributed by atoms with van der Waals surface area (Å²) in [6.45, 7) is 1.10. The van der Waals surface area contributed by atoms with Crippen LogP contribution in [0.1, 0.15) is 10.4 Å². The van der Waals surface area contributed by atoms with Crippen LogP contribution in [0.2, 0.25) is 0 Å². The second kappa shape index (κ2) is 6.86. The molecule has 0 bridgehead atoms. The van der Waals surface area contributed by atoms with Gasteiger partial charge in [-0.15, -0.1) is 11.3 Å². The topological polar surface area (TPSA) is 105 Å². The lowest BCUT2D eigenvalue weighted by Gasteiger charge is -2.04. The van der Waals surface area contributed by atoms with Crippen molar-refractivity contribution in [2.75, 3.05) is 24.4 Å². The smallest absolute Gasteiger partial charge is 0.338 e. The summed E-state index contributed by atoms with van der Waals surface area (Å²) in [5.41, 5.74) is 0.572. The van der Waals surface area contributed by atoms with Gasteiger partial charge in [0.1, 0.15) is 5.00 Å². The summed E-state index contributed by atoms with van der Waals surface area (Å²) in [6.07, 6.45) is 3.16. The molecule has 0 aromatic carbocycles. The van der Waals surface area contributed by atoms with Gasteiger partial charge in [0, 0.05) is 13.3 Å². The number of nitrogens with one attached hydrogen (secondary N) is 2. The molecule has 112 valence electrons. The minimum atomic E-state index is -1.08. The summed E-state index contributed by atoms with van der Waals surface area (Å²) < 4.78 is 6.56. The van der Waals surface area contributed by atoms with Crippen LogP contribution in [0.5, 0.6) is 0 Å². The molecule has 2 rings (SSSR count). The fourth-order valence-electron chi connectivity index (χ4n) is 1.58. The molecular weight excluding hydrogens is 296 g/mol. The molecule has 8 nitrogen and oxygen atoms in total. The second-order valence-corrected chi connectivity index (χ2v) is 4.95. The predicted molar refractivity (Wildman–Crippen MR) is 78.0 cm³/mol. The summed E-state index contributed by atoms with van der Waals surface area (Å²) in [6, 6.07) is 0.914. The van der Waals surface area contributed by atoms with Gasteiger partial charge in [-0.25, -0.2) is 9.59 Å². The number of thiophene rings is 1. The number of carboxylic acid groups (broad SMARTS) is 1. The van der Waals surface area contributed by atoms with E-state index in [1.165, 1.54) is 12.3 Å². The minimum Gasteiger partial charge on any atom is -0.478 e. The van der Waals surface area contributed by atoms with Crippen molar-refractivity contribution in [3.8, 4) is 0 Å². The molecule has 0 aliphatic carbocycles. The highest BCUT2D eigenvalue weighted by Gasteiger charge is 2.14. The zero-order valence-corrected chi connectivity index (χ0v) is 12.0. The van der Waals surface area contributed by atoms with Crippen molar-refractivity contribution >= 4 is 34.0 Å². The number of hydrogen-bond acceptors (Lipinski definition) is 5. The maximum atomic E-state index is 11.8. The third-order valence-electron chi connectivity index (χ3n) is 2.54. The van der Waals surface area contributed by atoms with Gasteiger partial charge in [-0.1, -0.05) is 0 Å². The third-order valence-corrected chi connectivity index (χ3v) is 3.37. The van der Waals surface area contributed by atoms with Gasteiger partial charge in [-0.05, 0) is 11.4 Å². The highest BCUT2D eigenvalue weighted by Crippen LogP contribution is 2.23. The highest BCUT2D eigenvalue weighted by molar-refractivity contribution is 7.14. The minimum absolute atomic E-state index is 0.0611. The molecule has 9 heteroatoms. The zero-order valence-electron chi connectivity index (χ0n) is 11.2. The number of hydrogen-bond donors (Lipinski definition) is 3. The van der Waals surface area contributed by atoms with Crippen LogP contribution in [0.15, 0.2) is 23.8 Å². The van der Waals surface area contributed by atoms with E-state index in [0.29, 0.717) is 18.8 Å². The Morgan fingerprint density at radius 3 is 3.00 bits per heavy atom. The number of methoxy groups -OCH3 is 1. The van der Waals surface area contributed by atoms with E-state index in [1.807, 2.05) is 0 Å². The molecule has 2 amide bonds. The van der Waals surface area contributed by atoms with Crippen molar-refractivity contribution in [2.24, 2.45) is 0 Å². The number of carboxylic acids is 1. The zero-order chi connectivity index (χ0) is 15.2. The fourth-order valence-corrected chi connectivity index (χ4v) is 2.35. The number of amides is 2. The van der Waals surface area contributed by atoms with Crippen molar-refractivity contribution in [1.29, 1.82) is 0 Å². The van der Waals surface area contributed by atoms with Crippen molar-refractivity contribution in [1.82, 2.24) is 9.78 Å². The average molecular weight is 310 g/mol. The molecule has 0 aliphatic rings. The predicted octanol–water partition coefficient (Wildman–Crippen LogP) is 1.93. The molecule has 2 aromatic heterocycles. The number of aromatic carboxylic acids is 1. The SMILES string of the molecule is COCCn1cc(NC(=O)Nc2sccc2C(=O)O)cn1. The van der Waals surface area contributed by atoms with E-state index in [4.69, 9.17) is 9.84 Å². The van der Waals surface area contributed by atoms with E-state index in [2.05, 4.69) is 15.7 Å². The van der Waals surface area contributed by atoms with Gasteiger partial charge >= 0.3 is 12.0 Å². The van der Waals surface area contributed by atoms with E-state index >= 15 is 0 Å². The highest BCUT2D eigenvalue weighted by atomic mass is 32.1. The van der Waals surface area contributed by atoms with Crippen LogP contribution in [0.4, 0.5) is 15.5 Å². The second-order valence-electron chi connectivity index (χ2n) is 4.03. The number of ether oxygens (including phenoxy) is 1. The molecule has 0 unspecified atom stereocenters. The van der Waals surface area contributed by atoms with Gasteiger partial charge in [0.25, 0.3) is 0 Å². The summed E-state index contributed by atoms with van der Waals surface area (Å²) in [4.78, 5) is 22.7. The Morgan fingerprint density at radius 1 is 1.48 bits per heavy atom. The lowest BCUT2D eigenvalue weighted by molar-refractivity contribution is 0.0698. The summed E-state index contributed by atoms with van der Waals surface area (Å²) in [5.74, 6) is -1.08. The quantitative estimate of drug-likeness (QED) is 0.756. The van der Waals surface area contributed by atoms with Gasteiger partial charge in [-0.2, -0.15) is 5.10 Å². The van der Waals surface area contributed by atoms with Gasteiger partial charge in [0.2, 0.25) is 0 Å². The third kappa shape index (κ3) is 4.04. The fraction of sp³-hybridized carbons (Fsp3) is 0.250. The Hall–Kier alpha value is -2.39. The maximum absolute atomic E-state index is 11.8. The normalized spacial score (nSPS) is 10.3. The molecule has 0 fully saturated rings. The van der Waals surface area contributed by atoms with Crippen molar-refractivity contribution < 1.29 is 19.4 Å². The number of rotatable bonds is 6. The molecule has 0 spiro atoms. The first-order chi connectivity index (χ1) is 10.1. The Morgan fingerprint density at radius 2 is 2.29 bits per heavy atom. The summed E-state index contributed by atoms with van der Waals surface area (Å²) in [5, 5.41) is 20.0. The van der Waals surface area contributed by atoms with E-state index in [-0.39, 0.29) is 10.6 Å². The Bertz CT molecular complexity index is 637. The molecule has 0 atom stereocenters. The number of carbonyl (C=O) groups is 2. The monoisotopic (exact) mass is 310 g/mol. The lowest BCUT2D eigenvalue weighted by Crippen LogP contribution is -2.19. The van der Waals surface area contributed by atoms with E-state index in [1.54, 1.807) is 23.4 Å². The first-order valence-corrected chi connectivity index (χ1v) is 6.88. The van der Waals surface area contributed by atoms with Gasteiger partial charge in [0.05, 0.1) is 30.6 Å². The molecule has 3 N–H and O–H groups in total. The molecule has 0 saturated heterocycles. The molecule has 0 radical (unpaired) electrons. The molecule has 21 heavy (non-hydrogen) atoms. The summed E-state index contributed by atoms with van der Waals surface area (Å²) >= 11 is 1.14. The Kier molecular flexibility index (Phi) is 4.90. The van der Waals surface area contributed by atoms with Crippen LogP contribution in [-0.2, 0) is 11.3 Å². The number of urea groups is 1. The lowest BCUT2D eigenvalue weighted by atomic mass is 10.3. The van der Waals surface area contributed by atoms with Crippen molar-refractivity contribution in [3.63, 3.8) is 0 Å². The number of anilines is 2. The number of carbonyl (C=O) groups excluding carboxylic acids is 1. The van der Waals surface area contributed by atoms with Crippen LogP contribution in [-0.4, -0.2) is 40.6 Å². The van der Waals surface area contributed by atoms with Gasteiger partial charge in [0.15, 0.2) is 0 Å². The molecule has 2 heterocycles. The van der Waals surface area contributed by atoms with Crippen LogP contribution < -0.4 is 10.6 Å². The van der Waals surface area contributed by atoms with Crippen LogP contribution in [0.3, 0.4) is 0 Å². The van der Waals surface area contributed by atoms with E-state index in [9.17, 15) is 9.59 Å². The van der Waals surface area contributed by atoms with Crippen LogP contribution in [0, 0.1) is 0 Å². The molecular formula is C12H14N4O4S. The Balaban J connectivity index is 1.93. The van der Waals surface area contributed by atoms with Crippen molar-refractivity contribution in [2.45, 2.75) is 6.54 Å². The molecule has 0 aliphatic heterocycles. The van der Waals surface area contributed by atoms with Gasteiger partial charge < -0.3 is 15.2 Å². The van der Waals surface area contributed by atoms with Crippen LogP contribution >= 0.6 is 11.3 Å². The van der Waals surface area contributed by atoms with E-state index < -0.39 is 12.0 Å². The van der Waals surface area contributed by atoms with E-state index in [0.717, 1.165) is 11.3 Å². The standard InChI is InChI=1S/C12H14N4O4S/c1-20-4-3-16-7-8(6-13-16)14-12(19)15-10-9(11(17)18)2-5-21-10/h2,5-7H,3-4H2,1H3,(H,17,18)(H2,14,15,19). The average Bonchev–Trinajstić information content (AvgIpc) is 3.05. The number of nitrogens with zero attached hydrogens (tertiary/aromatic N) is 2. The largest absolute Gasteiger partial charge is 0.478 e.